The van der Waals surface area contributed by atoms with Crippen molar-refractivity contribution in [1.82, 2.24) is 9.47 Å². The smallest absolute Gasteiger partial charge is 0.307 e. The third-order valence-corrected chi connectivity index (χ3v) is 3.81. The Bertz CT molecular complexity index is 384. The third kappa shape index (κ3) is 2.48. The number of hydrogen-bond acceptors (Lipinski definition) is 4. The molecule has 0 aliphatic carbocycles. The number of likely N-dealkylation sites (tertiary alicyclic amines) is 1. The van der Waals surface area contributed by atoms with E-state index in [-0.39, 0.29) is 4.87 Å². The molecule has 1 aliphatic rings. The van der Waals surface area contributed by atoms with Gasteiger partial charge in [-0.15, -0.1) is 0 Å². The summed E-state index contributed by atoms with van der Waals surface area (Å²) in [5, 5.41) is 1.91. The molecule has 15 heavy (non-hydrogen) atoms. The molecule has 0 spiro atoms. The average Bonchev–Trinajstić information content (AvgIpc) is 2.73. The summed E-state index contributed by atoms with van der Waals surface area (Å²) in [6.45, 7) is 5.75. The first-order valence-electron chi connectivity index (χ1n) is 5.29. The van der Waals surface area contributed by atoms with E-state index < -0.39 is 0 Å². The quantitative estimate of drug-likeness (QED) is 0.805. The zero-order chi connectivity index (χ0) is 10.8. The van der Waals surface area contributed by atoms with Gasteiger partial charge in [0, 0.05) is 36.8 Å². The molecule has 1 saturated heterocycles. The van der Waals surface area contributed by atoms with Gasteiger partial charge in [0.25, 0.3) is 0 Å². The van der Waals surface area contributed by atoms with Crippen LogP contribution in [0.25, 0.3) is 0 Å². The van der Waals surface area contributed by atoms with Crippen molar-refractivity contribution >= 4 is 11.3 Å². The number of aryl methyl sites for hydroxylation is 1. The van der Waals surface area contributed by atoms with Crippen molar-refractivity contribution in [2.75, 3.05) is 19.6 Å². The van der Waals surface area contributed by atoms with Crippen LogP contribution in [-0.4, -0.2) is 35.1 Å². The van der Waals surface area contributed by atoms with Gasteiger partial charge >= 0.3 is 4.87 Å². The second kappa shape index (κ2) is 4.47. The van der Waals surface area contributed by atoms with Crippen LogP contribution in [0.3, 0.4) is 0 Å². The number of hydrogen-bond donors (Lipinski definition) is 1. The van der Waals surface area contributed by atoms with Gasteiger partial charge in [0.15, 0.2) is 0 Å². The molecule has 84 valence electrons. The van der Waals surface area contributed by atoms with Crippen LogP contribution >= 0.6 is 11.3 Å². The largest absolute Gasteiger partial charge is 0.326 e. The van der Waals surface area contributed by atoms with Crippen molar-refractivity contribution in [1.29, 1.82) is 0 Å². The topological polar surface area (TPSA) is 51.3 Å². The van der Waals surface area contributed by atoms with Gasteiger partial charge in [-0.25, -0.2) is 0 Å². The average molecular weight is 227 g/mol. The number of thiazole rings is 1. The highest BCUT2D eigenvalue weighted by atomic mass is 32.1. The van der Waals surface area contributed by atoms with E-state index in [1.807, 2.05) is 16.9 Å². The molecular formula is C10H17N3OS. The molecule has 2 heterocycles. The molecule has 5 heteroatoms. The molecule has 1 aromatic rings. The third-order valence-electron chi connectivity index (χ3n) is 2.93. The van der Waals surface area contributed by atoms with Gasteiger partial charge in [0.2, 0.25) is 0 Å². The molecule has 1 aliphatic heterocycles. The standard InChI is InChI=1S/C10H17N3OS/c1-8-7-15-10(14)13(8)5-4-12-3-2-9(11)6-12/h7,9H,2-6,11H2,1H3/t9-/m1/s1. The molecule has 2 N–H and O–H groups in total. The first kappa shape index (κ1) is 10.9. The Morgan fingerprint density at radius 3 is 2.93 bits per heavy atom. The zero-order valence-electron chi connectivity index (χ0n) is 8.98. The Hall–Kier alpha value is -0.650. The van der Waals surface area contributed by atoms with E-state index in [4.69, 9.17) is 5.73 Å². The van der Waals surface area contributed by atoms with E-state index in [9.17, 15) is 4.79 Å². The number of nitrogens with two attached hydrogens (primary N) is 1. The molecule has 0 unspecified atom stereocenters. The van der Waals surface area contributed by atoms with Crippen molar-refractivity contribution in [2.24, 2.45) is 5.73 Å². The number of rotatable bonds is 3. The summed E-state index contributed by atoms with van der Waals surface area (Å²) in [6, 6.07) is 0.324. The Labute approximate surface area is 93.3 Å². The maximum atomic E-state index is 11.4. The Morgan fingerprint density at radius 1 is 1.60 bits per heavy atom. The van der Waals surface area contributed by atoms with E-state index in [2.05, 4.69) is 4.90 Å². The molecule has 1 atom stereocenters. The highest BCUT2D eigenvalue weighted by Crippen LogP contribution is 2.07. The van der Waals surface area contributed by atoms with Crippen molar-refractivity contribution in [3.63, 3.8) is 0 Å². The van der Waals surface area contributed by atoms with E-state index in [0.29, 0.717) is 6.04 Å². The summed E-state index contributed by atoms with van der Waals surface area (Å²) in [5.41, 5.74) is 6.89. The maximum Gasteiger partial charge on any atom is 0.307 e. The van der Waals surface area contributed by atoms with Crippen LogP contribution in [0.4, 0.5) is 0 Å². The predicted molar refractivity (Wildman–Crippen MR) is 62.3 cm³/mol. The fourth-order valence-electron chi connectivity index (χ4n) is 1.98. The highest BCUT2D eigenvalue weighted by molar-refractivity contribution is 7.07. The molecule has 4 nitrogen and oxygen atoms in total. The number of aromatic nitrogens is 1. The van der Waals surface area contributed by atoms with Crippen LogP contribution in [0.1, 0.15) is 12.1 Å². The minimum atomic E-state index is 0.149. The Kier molecular flexibility index (Phi) is 3.23. The normalized spacial score (nSPS) is 22.4. The second-order valence-electron chi connectivity index (χ2n) is 4.14. The fraction of sp³-hybridized carbons (Fsp3) is 0.700. The summed E-state index contributed by atoms with van der Waals surface area (Å²) >= 11 is 1.28. The van der Waals surface area contributed by atoms with Crippen LogP contribution in [0.2, 0.25) is 0 Å². The minimum absolute atomic E-state index is 0.149. The lowest BCUT2D eigenvalue weighted by Gasteiger charge is -2.15. The summed E-state index contributed by atoms with van der Waals surface area (Å²) in [4.78, 5) is 13.9. The summed E-state index contributed by atoms with van der Waals surface area (Å²) in [6.07, 6.45) is 1.08. The van der Waals surface area contributed by atoms with Gasteiger partial charge in [-0.05, 0) is 19.9 Å². The first-order valence-corrected chi connectivity index (χ1v) is 6.17. The lowest BCUT2D eigenvalue weighted by Crippen LogP contribution is -2.31. The van der Waals surface area contributed by atoms with Gasteiger partial charge < -0.3 is 10.3 Å². The fourth-order valence-corrected chi connectivity index (χ4v) is 2.74. The van der Waals surface area contributed by atoms with Crippen LogP contribution in [-0.2, 0) is 6.54 Å². The van der Waals surface area contributed by atoms with Crippen LogP contribution in [0, 0.1) is 6.92 Å². The predicted octanol–water partition coefficient (Wildman–Crippen LogP) is 0.251. The second-order valence-corrected chi connectivity index (χ2v) is 4.96. The lowest BCUT2D eigenvalue weighted by molar-refractivity contribution is 0.316. The monoisotopic (exact) mass is 227 g/mol. The highest BCUT2D eigenvalue weighted by Gasteiger charge is 2.18. The van der Waals surface area contributed by atoms with Gasteiger partial charge in [0.05, 0.1) is 0 Å². The van der Waals surface area contributed by atoms with Gasteiger partial charge in [-0.3, -0.25) is 9.69 Å². The molecule has 0 amide bonds. The van der Waals surface area contributed by atoms with Crippen LogP contribution in [0.5, 0.6) is 0 Å². The van der Waals surface area contributed by atoms with E-state index >= 15 is 0 Å². The zero-order valence-corrected chi connectivity index (χ0v) is 9.80. The molecule has 1 aromatic heterocycles. The van der Waals surface area contributed by atoms with Gasteiger partial charge in [0.1, 0.15) is 0 Å². The molecule has 0 saturated carbocycles. The number of nitrogens with zero attached hydrogens (tertiary/aromatic N) is 2. The van der Waals surface area contributed by atoms with E-state index in [0.717, 1.165) is 38.3 Å². The van der Waals surface area contributed by atoms with Crippen LogP contribution < -0.4 is 10.6 Å². The molecule has 0 aromatic carbocycles. The minimum Gasteiger partial charge on any atom is -0.326 e. The summed E-state index contributed by atoms with van der Waals surface area (Å²) < 4.78 is 1.84. The maximum absolute atomic E-state index is 11.4. The van der Waals surface area contributed by atoms with Crippen molar-refractivity contribution in [2.45, 2.75) is 25.9 Å². The van der Waals surface area contributed by atoms with Crippen molar-refractivity contribution in [3.8, 4) is 0 Å². The van der Waals surface area contributed by atoms with Crippen molar-refractivity contribution in [3.05, 3.63) is 20.7 Å². The molecule has 2 rings (SSSR count). The molecular weight excluding hydrogens is 210 g/mol. The van der Waals surface area contributed by atoms with E-state index in [1.54, 1.807) is 0 Å². The summed E-state index contributed by atoms with van der Waals surface area (Å²) in [5.74, 6) is 0. The van der Waals surface area contributed by atoms with Crippen LogP contribution in [0.15, 0.2) is 10.2 Å². The van der Waals surface area contributed by atoms with E-state index in [1.165, 1.54) is 11.3 Å². The molecule has 1 fully saturated rings. The Balaban J connectivity index is 1.91. The lowest BCUT2D eigenvalue weighted by atomic mass is 10.3. The van der Waals surface area contributed by atoms with Crippen molar-refractivity contribution < 1.29 is 0 Å². The summed E-state index contributed by atoms with van der Waals surface area (Å²) in [7, 11) is 0. The SMILES string of the molecule is Cc1csc(=O)n1CCN1CC[C@@H](N)C1. The van der Waals surface area contributed by atoms with Gasteiger partial charge in [-0.2, -0.15) is 0 Å². The molecule has 0 bridgehead atoms. The van der Waals surface area contributed by atoms with Gasteiger partial charge in [-0.1, -0.05) is 11.3 Å². The molecule has 0 radical (unpaired) electrons. The Morgan fingerprint density at radius 2 is 2.40 bits per heavy atom. The first-order chi connectivity index (χ1) is 7.16.